The first-order valence-corrected chi connectivity index (χ1v) is 16.7. The lowest BCUT2D eigenvalue weighted by molar-refractivity contribution is 0.0748. The Morgan fingerprint density at radius 3 is 2.08 bits per heavy atom. The third-order valence-corrected chi connectivity index (χ3v) is 9.04. The molecule has 52 heavy (non-hydrogen) atoms. The minimum Gasteiger partial charge on any atom is -0.390 e. The molecule has 0 spiro atoms. The van der Waals surface area contributed by atoms with E-state index < -0.39 is 5.60 Å². The second-order valence-electron chi connectivity index (χ2n) is 13.1. The van der Waals surface area contributed by atoms with E-state index in [-0.39, 0.29) is 11.1 Å². The number of benzene rings is 2. The van der Waals surface area contributed by atoms with Gasteiger partial charge in [0.15, 0.2) is 5.65 Å². The molecule has 0 unspecified atom stereocenters. The number of nitrogens with two attached hydrogens (primary N) is 1. The summed E-state index contributed by atoms with van der Waals surface area (Å²) in [4.78, 5) is 49.2. The second-order valence-corrected chi connectivity index (χ2v) is 13.1. The maximum atomic E-state index is 13.1. The molecule has 6 N–H and O–H groups in total. The first-order chi connectivity index (χ1) is 25.1. The number of aromatic nitrogens is 8. The molecule has 13 nitrogen and oxygen atoms in total. The average Bonchev–Trinajstić information content (AvgIpc) is 3.73. The smallest absolute Gasteiger partial charge is 0.275 e. The number of pyridine rings is 2. The first-order valence-electron chi connectivity index (χ1n) is 16.7. The number of anilines is 2. The number of nitrogens with one attached hydrogen (secondary N) is 3. The Morgan fingerprint density at radius 1 is 0.750 bits per heavy atom. The van der Waals surface area contributed by atoms with Crippen LogP contribution in [0, 0.1) is 0 Å². The average molecular weight is 691 g/mol. The molecule has 0 atom stereocenters. The van der Waals surface area contributed by atoms with Gasteiger partial charge >= 0.3 is 0 Å². The van der Waals surface area contributed by atoms with Crippen molar-refractivity contribution in [1.29, 1.82) is 0 Å². The SMILES string of the molecule is CC(C)(O)CCNc1ccc(-c2cn(-c3ccc(-c4ccc(-n5cc(-c6cccnc6N)c6nc[nH]c(=O)c65)cc4)cc3)c3nc[nH]c(=O)c23)cn1. The maximum absolute atomic E-state index is 13.1. The van der Waals surface area contributed by atoms with E-state index in [1.165, 1.54) is 12.7 Å². The molecule has 0 amide bonds. The van der Waals surface area contributed by atoms with Crippen molar-refractivity contribution in [3.8, 4) is 44.8 Å². The molecule has 0 saturated carbocycles. The van der Waals surface area contributed by atoms with Crippen molar-refractivity contribution in [3.05, 3.63) is 131 Å². The van der Waals surface area contributed by atoms with E-state index in [9.17, 15) is 14.7 Å². The molecular formula is C39H34N10O3. The molecule has 0 radical (unpaired) electrons. The van der Waals surface area contributed by atoms with Gasteiger partial charge in [0.1, 0.15) is 22.7 Å². The lowest BCUT2D eigenvalue weighted by Gasteiger charge is -2.17. The number of nitrogens with zero attached hydrogens (tertiary/aromatic N) is 6. The molecule has 0 saturated heterocycles. The number of H-pyrrole nitrogens is 2. The zero-order valence-electron chi connectivity index (χ0n) is 28.3. The van der Waals surface area contributed by atoms with Gasteiger partial charge in [-0.25, -0.2) is 19.9 Å². The van der Waals surface area contributed by atoms with Crippen LogP contribution in [-0.4, -0.2) is 56.3 Å². The molecule has 258 valence electrons. The number of hydrogen-bond donors (Lipinski definition) is 5. The Bertz CT molecular complexity index is 2680. The van der Waals surface area contributed by atoms with E-state index >= 15 is 0 Å². The van der Waals surface area contributed by atoms with Crippen molar-refractivity contribution in [2.45, 2.75) is 25.9 Å². The van der Waals surface area contributed by atoms with Crippen molar-refractivity contribution >= 4 is 33.7 Å². The molecule has 0 aliphatic heterocycles. The van der Waals surface area contributed by atoms with E-state index in [1.54, 1.807) is 32.3 Å². The van der Waals surface area contributed by atoms with Crippen LogP contribution in [0.4, 0.5) is 11.6 Å². The number of aromatic amines is 2. The molecule has 0 aliphatic rings. The summed E-state index contributed by atoms with van der Waals surface area (Å²) in [6.07, 6.45) is 10.5. The van der Waals surface area contributed by atoms with Crippen LogP contribution in [-0.2, 0) is 0 Å². The summed E-state index contributed by atoms with van der Waals surface area (Å²) in [6, 6.07) is 23.3. The van der Waals surface area contributed by atoms with E-state index in [0.29, 0.717) is 63.4 Å². The molecule has 6 heterocycles. The topological polar surface area (TPSA) is 185 Å². The molecule has 0 fully saturated rings. The quantitative estimate of drug-likeness (QED) is 0.127. The summed E-state index contributed by atoms with van der Waals surface area (Å²) in [6.45, 7) is 4.11. The van der Waals surface area contributed by atoms with Gasteiger partial charge in [0, 0.05) is 65.0 Å². The lowest BCUT2D eigenvalue weighted by atomic mass is 10.0. The molecule has 6 aromatic heterocycles. The van der Waals surface area contributed by atoms with Crippen LogP contribution in [0.15, 0.2) is 120 Å². The molecule has 13 heteroatoms. The van der Waals surface area contributed by atoms with Gasteiger partial charge in [0.25, 0.3) is 11.1 Å². The van der Waals surface area contributed by atoms with Crippen molar-refractivity contribution in [1.82, 2.24) is 39.0 Å². The molecule has 8 aromatic rings. The highest BCUT2D eigenvalue weighted by Crippen LogP contribution is 2.34. The van der Waals surface area contributed by atoms with E-state index in [1.807, 2.05) is 88.3 Å². The fourth-order valence-corrected chi connectivity index (χ4v) is 6.38. The maximum Gasteiger partial charge on any atom is 0.275 e. The third kappa shape index (κ3) is 5.98. The Morgan fingerprint density at radius 2 is 1.40 bits per heavy atom. The van der Waals surface area contributed by atoms with Crippen molar-refractivity contribution in [2.75, 3.05) is 17.6 Å². The van der Waals surface area contributed by atoms with Gasteiger partial charge in [-0.3, -0.25) is 9.59 Å². The predicted octanol–water partition coefficient (Wildman–Crippen LogP) is 5.69. The van der Waals surface area contributed by atoms with Gasteiger partial charge in [-0.2, -0.15) is 0 Å². The van der Waals surface area contributed by atoms with E-state index in [4.69, 9.17) is 5.73 Å². The largest absolute Gasteiger partial charge is 0.390 e. The van der Waals surface area contributed by atoms with Gasteiger partial charge in [0.2, 0.25) is 0 Å². The van der Waals surface area contributed by atoms with Crippen molar-refractivity contribution in [2.24, 2.45) is 0 Å². The number of nitrogen functional groups attached to an aromatic ring is 1. The molecule has 8 rings (SSSR count). The highest BCUT2D eigenvalue weighted by Gasteiger charge is 2.19. The Balaban J connectivity index is 1.09. The van der Waals surface area contributed by atoms with E-state index in [2.05, 4.69) is 35.2 Å². The summed E-state index contributed by atoms with van der Waals surface area (Å²) in [5, 5.41) is 13.7. The second kappa shape index (κ2) is 12.8. The summed E-state index contributed by atoms with van der Waals surface area (Å²) in [7, 11) is 0. The normalized spacial score (nSPS) is 11.8. The van der Waals surface area contributed by atoms with Crippen LogP contribution in [0.2, 0.25) is 0 Å². The van der Waals surface area contributed by atoms with Gasteiger partial charge in [0.05, 0.1) is 23.6 Å². The van der Waals surface area contributed by atoms with Crippen LogP contribution in [0.1, 0.15) is 20.3 Å². The van der Waals surface area contributed by atoms with Crippen LogP contribution in [0.25, 0.3) is 66.8 Å². The summed E-state index contributed by atoms with van der Waals surface area (Å²) in [5.74, 6) is 1.03. The minimum absolute atomic E-state index is 0.243. The van der Waals surface area contributed by atoms with E-state index in [0.717, 1.165) is 28.1 Å². The van der Waals surface area contributed by atoms with Gasteiger partial charge in [-0.15, -0.1) is 0 Å². The number of aliphatic hydroxyl groups is 1. The number of hydrogen-bond acceptors (Lipinski definition) is 9. The molecule has 2 aromatic carbocycles. The zero-order valence-corrected chi connectivity index (χ0v) is 28.3. The van der Waals surface area contributed by atoms with Gasteiger partial charge < -0.3 is 35.3 Å². The molecule has 0 aliphatic carbocycles. The van der Waals surface area contributed by atoms with Crippen LogP contribution in [0.3, 0.4) is 0 Å². The van der Waals surface area contributed by atoms with Crippen LogP contribution in [0.5, 0.6) is 0 Å². The monoisotopic (exact) mass is 690 g/mol. The molecular weight excluding hydrogens is 656 g/mol. The first kappa shape index (κ1) is 32.4. The highest BCUT2D eigenvalue weighted by molar-refractivity contribution is 5.96. The summed E-state index contributed by atoms with van der Waals surface area (Å²) < 4.78 is 3.72. The highest BCUT2D eigenvalue weighted by atomic mass is 16.3. The Labute approximate surface area is 296 Å². The standard InChI is InChI=1S/C39H34N10O3/c1-39(2,52)15-17-41-31-14-9-25(18-43-31)29-19-49(36-32(29)37(50)46-22-45-36)27-12-7-24(8-13-27)23-5-10-26(11-6-23)48-20-30(28-4-3-16-42-35(28)40)33-34(48)38(51)47-21-44-33/h3-14,16,18-22,52H,15,17H2,1-2H3,(H2,40,42)(H,41,43)(H,44,47,51)(H,45,46,50). The Kier molecular flexibility index (Phi) is 7.96. The van der Waals surface area contributed by atoms with Gasteiger partial charge in [-0.1, -0.05) is 24.3 Å². The number of rotatable bonds is 9. The van der Waals surface area contributed by atoms with Crippen molar-refractivity contribution < 1.29 is 5.11 Å². The van der Waals surface area contributed by atoms with Crippen LogP contribution < -0.4 is 22.2 Å². The fourth-order valence-electron chi connectivity index (χ4n) is 6.38. The third-order valence-electron chi connectivity index (χ3n) is 9.04. The Hall–Kier alpha value is -6.86. The number of fused-ring (bicyclic) bond motifs is 2. The molecule has 0 bridgehead atoms. The minimum atomic E-state index is -0.770. The summed E-state index contributed by atoms with van der Waals surface area (Å²) in [5.41, 5.74) is 12.9. The predicted molar refractivity (Wildman–Crippen MR) is 203 cm³/mol. The van der Waals surface area contributed by atoms with Gasteiger partial charge in [-0.05, 0) is 79.9 Å². The zero-order chi connectivity index (χ0) is 36.0. The summed E-state index contributed by atoms with van der Waals surface area (Å²) >= 11 is 0. The lowest BCUT2D eigenvalue weighted by Crippen LogP contribution is -2.22. The van der Waals surface area contributed by atoms with Crippen LogP contribution >= 0.6 is 0 Å². The van der Waals surface area contributed by atoms with Crippen molar-refractivity contribution in [3.63, 3.8) is 0 Å². The fraction of sp³-hybridized carbons (Fsp3) is 0.128.